The third-order valence-electron chi connectivity index (χ3n) is 2.26. The minimum Gasteiger partial charge on any atom is -0.388 e. The fraction of sp³-hybridized carbons (Fsp3) is 0.364. The third kappa shape index (κ3) is 4.07. The number of hydrogen-bond acceptors (Lipinski definition) is 3. The van der Waals surface area contributed by atoms with Gasteiger partial charge in [0.15, 0.2) is 0 Å². The number of amides is 1. The first-order chi connectivity index (χ1) is 7.93. The molecule has 1 atom stereocenters. The second-order valence-corrected chi connectivity index (χ2v) is 4.41. The van der Waals surface area contributed by atoms with Crippen LogP contribution >= 0.6 is 15.9 Å². The van der Waals surface area contributed by atoms with Crippen LogP contribution in [-0.4, -0.2) is 30.2 Å². The summed E-state index contributed by atoms with van der Waals surface area (Å²) in [6, 6.07) is 4.03. The van der Waals surface area contributed by atoms with E-state index in [-0.39, 0.29) is 12.3 Å². The van der Waals surface area contributed by atoms with Crippen molar-refractivity contribution in [1.29, 1.82) is 0 Å². The molecule has 0 radical (unpaired) electrons. The van der Waals surface area contributed by atoms with Gasteiger partial charge < -0.3 is 5.11 Å². The fourth-order valence-corrected chi connectivity index (χ4v) is 1.76. The highest BCUT2D eigenvalue weighted by Crippen LogP contribution is 2.22. The van der Waals surface area contributed by atoms with Crippen LogP contribution in [0.3, 0.4) is 0 Å². The van der Waals surface area contributed by atoms with Crippen molar-refractivity contribution < 1.29 is 19.1 Å². The van der Waals surface area contributed by atoms with Gasteiger partial charge in [0, 0.05) is 11.5 Å². The van der Waals surface area contributed by atoms with Crippen molar-refractivity contribution in [3.63, 3.8) is 0 Å². The molecule has 1 N–H and O–H groups in total. The highest BCUT2D eigenvalue weighted by atomic mass is 79.9. The van der Waals surface area contributed by atoms with Crippen LogP contribution in [-0.2, 0) is 9.63 Å². The number of aliphatic hydroxyl groups excluding tert-OH is 1. The lowest BCUT2D eigenvalue weighted by molar-refractivity contribution is -0.170. The number of rotatable bonds is 4. The lowest BCUT2D eigenvalue weighted by atomic mass is 10.1. The summed E-state index contributed by atoms with van der Waals surface area (Å²) in [6.07, 6.45) is -1.23. The summed E-state index contributed by atoms with van der Waals surface area (Å²) in [4.78, 5) is 16.1. The van der Waals surface area contributed by atoms with E-state index in [2.05, 4.69) is 20.8 Å². The average Bonchev–Trinajstić information content (AvgIpc) is 2.26. The molecule has 0 bridgehead atoms. The number of nitrogens with zero attached hydrogens (tertiary/aromatic N) is 1. The zero-order valence-electron chi connectivity index (χ0n) is 9.48. The number of halogens is 2. The Morgan fingerprint density at radius 2 is 2.24 bits per heavy atom. The van der Waals surface area contributed by atoms with Gasteiger partial charge in [-0.2, -0.15) is 0 Å². The molecule has 0 spiro atoms. The SMILES string of the molecule is CON(C)C(=O)CC(O)c1cc(F)cc(Br)c1. The molecule has 0 saturated carbocycles. The van der Waals surface area contributed by atoms with Crippen molar-refractivity contribution in [3.05, 3.63) is 34.1 Å². The van der Waals surface area contributed by atoms with Crippen molar-refractivity contribution in [2.75, 3.05) is 14.2 Å². The maximum absolute atomic E-state index is 13.1. The van der Waals surface area contributed by atoms with Gasteiger partial charge in [-0.15, -0.1) is 0 Å². The molecule has 0 aliphatic heterocycles. The van der Waals surface area contributed by atoms with Gasteiger partial charge in [0.25, 0.3) is 0 Å². The van der Waals surface area contributed by atoms with Crippen LogP contribution in [0.2, 0.25) is 0 Å². The maximum Gasteiger partial charge on any atom is 0.248 e. The van der Waals surface area contributed by atoms with Crippen LogP contribution in [0.1, 0.15) is 18.1 Å². The lowest BCUT2D eigenvalue weighted by Gasteiger charge is -2.16. The summed E-state index contributed by atoms with van der Waals surface area (Å²) in [5.74, 6) is -0.860. The van der Waals surface area contributed by atoms with E-state index in [4.69, 9.17) is 0 Å². The Labute approximate surface area is 107 Å². The van der Waals surface area contributed by atoms with E-state index in [1.807, 2.05) is 0 Å². The highest BCUT2D eigenvalue weighted by Gasteiger charge is 2.17. The molecule has 1 aromatic carbocycles. The zero-order valence-corrected chi connectivity index (χ0v) is 11.1. The Balaban J connectivity index is 2.76. The largest absolute Gasteiger partial charge is 0.388 e. The van der Waals surface area contributed by atoms with Gasteiger partial charge in [0.2, 0.25) is 5.91 Å². The Morgan fingerprint density at radius 3 is 2.76 bits per heavy atom. The number of aliphatic hydroxyl groups is 1. The predicted molar refractivity (Wildman–Crippen MR) is 63.5 cm³/mol. The molecular weight excluding hydrogens is 293 g/mol. The van der Waals surface area contributed by atoms with Gasteiger partial charge in [-0.05, 0) is 23.8 Å². The quantitative estimate of drug-likeness (QED) is 0.866. The first kappa shape index (κ1) is 14.1. The Morgan fingerprint density at radius 1 is 1.59 bits per heavy atom. The van der Waals surface area contributed by atoms with Crippen LogP contribution in [0.4, 0.5) is 4.39 Å². The van der Waals surface area contributed by atoms with Crippen LogP contribution in [0.25, 0.3) is 0 Å². The summed E-state index contributed by atoms with van der Waals surface area (Å²) in [5.41, 5.74) is 0.342. The molecule has 0 heterocycles. The summed E-state index contributed by atoms with van der Waals surface area (Å²) in [5, 5.41) is 10.8. The van der Waals surface area contributed by atoms with E-state index in [0.717, 1.165) is 5.06 Å². The van der Waals surface area contributed by atoms with Crippen molar-refractivity contribution in [2.24, 2.45) is 0 Å². The molecule has 1 unspecified atom stereocenters. The Kier molecular flexibility index (Phi) is 5.04. The van der Waals surface area contributed by atoms with Gasteiger partial charge in [0.05, 0.1) is 19.6 Å². The Bertz CT molecular complexity index is 393. The minimum atomic E-state index is -1.06. The van der Waals surface area contributed by atoms with E-state index in [0.29, 0.717) is 10.0 Å². The average molecular weight is 306 g/mol. The molecule has 1 rings (SSSR count). The second-order valence-electron chi connectivity index (χ2n) is 3.50. The summed E-state index contributed by atoms with van der Waals surface area (Å²) < 4.78 is 13.6. The minimum absolute atomic E-state index is 0.166. The third-order valence-corrected chi connectivity index (χ3v) is 2.72. The lowest BCUT2D eigenvalue weighted by Crippen LogP contribution is -2.26. The summed E-state index contributed by atoms with van der Waals surface area (Å²) in [7, 11) is 2.79. The number of carbonyl (C=O) groups excluding carboxylic acids is 1. The smallest absolute Gasteiger partial charge is 0.248 e. The number of hydrogen-bond donors (Lipinski definition) is 1. The van der Waals surface area contributed by atoms with Gasteiger partial charge >= 0.3 is 0 Å². The van der Waals surface area contributed by atoms with Crippen LogP contribution in [0, 0.1) is 5.82 Å². The molecule has 0 saturated heterocycles. The molecule has 4 nitrogen and oxygen atoms in total. The van der Waals surface area contributed by atoms with Gasteiger partial charge in [0.1, 0.15) is 5.82 Å². The number of benzene rings is 1. The van der Waals surface area contributed by atoms with E-state index in [9.17, 15) is 14.3 Å². The molecular formula is C11H13BrFNO3. The number of carbonyl (C=O) groups is 1. The van der Waals surface area contributed by atoms with Gasteiger partial charge in [-0.25, -0.2) is 9.45 Å². The zero-order chi connectivity index (χ0) is 13.0. The van der Waals surface area contributed by atoms with E-state index in [1.165, 1.54) is 26.3 Å². The van der Waals surface area contributed by atoms with E-state index < -0.39 is 11.9 Å². The maximum atomic E-state index is 13.1. The molecule has 1 amide bonds. The Hall–Kier alpha value is -0.980. The van der Waals surface area contributed by atoms with Crippen LogP contribution < -0.4 is 0 Å². The monoisotopic (exact) mass is 305 g/mol. The molecule has 0 aliphatic carbocycles. The summed E-state index contributed by atoms with van der Waals surface area (Å²) in [6.45, 7) is 0. The van der Waals surface area contributed by atoms with Crippen molar-refractivity contribution >= 4 is 21.8 Å². The molecule has 17 heavy (non-hydrogen) atoms. The van der Waals surface area contributed by atoms with Crippen LogP contribution in [0.5, 0.6) is 0 Å². The molecule has 94 valence electrons. The predicted octanol–water partition coefficient (Wildman–Crippen LogP) is 2.03. The molecule has 1 aromatic rings. The second kappa shape index (κ2) is 6.09. The van der Waals surface area contributed by atoms with Crippen LogP contribution in [0.15, 0.2) is 22.7 Å². The summed E-state index contributed by atoms with van der Waals surface area (Å²) >= 11 is 3.12. The van der Waals surface area contributed by atoms with Crippen molar-refractivity contribution in [3.8, 4) is 0 Å². The van der Waals surface area contributed by atoms with Crippen molar-refractivity contribution in [1.82, 2.24) is 5.06 Å². The normalized spacial score (nSPS) is 12.3. The van der Waals surface area contributed by atoms with E-state index in [1.54, 1.807) is 6.07 Å². The molecule has 6 heteroatoms. The standard InChI is InChI=1S/C11H13BrFNO3/c1-14(17-2)11(16)6-10(15)7-3-8(12)5-9(13)4-7/h3-5,10,15H,6H2,1-2H3. The topological polar surface area (TPSA) is 49.8 Å². The molecule has 0 fully saturated rings. The van der Waals surface area contributed by atoms with Crippen molar-refractivity contribution in [2.45, 2.75) is 12.5 Å². The molecule has 0 aliphatic rings. The number of hydroxylamine groups is 2. The first-order valence-electron chi connectivity index (χ1n) is 4.88. The highest BCUT2D eigenvalue weighted by molar-refractivity contribution is 9.10. The fourth-order valence-electron chi connectivity index (χ4n) is 1.28. The first-order valence-corrected chi connectivity index (χ1v) is 5.68. The van der Waals surface area contributed by atoms with E-state index >= 15 is 0 Å². The van der Waals surface area contributed by atoms with Gasteiger partial charge in [-0.1, -0.05) is 15.9 Å². The van der Waals surface area contributed by atoms with Gasteiger partial charge in [-0.3, -0.25) is 9.63 Å². The molecule has 0 aromatic heterocycles.